The number of nitrogen functional groups attached to an aromatic ring is 1. The molecule has 0 spiro atoms. The summed E-state index contributed by atoms with van der Waals surface area (Å²) in [5.74, 6) is 0.779. The fourth-order valence-electron chi connectivity index (χ4n) is 1.39. The molecule has 1 aromatic rings. The van der Waals surface area contributed by atoms with Gasteiger partial charge in [-0.3, -0.25) is 0 Å². The van der Waals surface area contributed by atoms with Crippen LogP contribution >= 0.6 is 15.9 Å². The standard InChI is InChI=1S/C11H18BrN3/c1-3-4-5-8(2)15-11-10(13)6-9(12)7-14-11/h6-8H,3-5,13H2,1-2H3,(H,14,15). The van der Waals surface area contributed by atoms with Gasteiger partial charge in [0.05, 0.1) is 5.69 Å². The average Bonchev–Trinajstić information content (AvgIpc) is 2.19. The molecule has 0 fully saturated rings. The van der Waals surface area contributed by atoms with Crippen LogP contribution in [0.3, 0.4) is 0 Å². The highest BCUT2D eigenvalue weighted by Crippen LogP contribution is 2.21. The van der Waals surface area contributed by atoms with Crippen LogP contribution in [0, 0.1) is 0 Å². The molecule has 1 unspecified atom stereocenters. The maximum absolute atomic E-state index is 5.84. The number of rotatable bonds is 5. The molecular formula is C11H18BrN3. The molecule has 4 heteroatoms. The van der Waals surface area contributed by atoms with Crippen LogP contribution in [0.2, 0.25) is 0 Å². The molecule has 1 atom stereocenters. The Bertz CT molecular complexity index is 315. The van der Waals surface area contributed by atoms with Crippen LogP contribution in [0.5, 0.6) is 0 Å². The lowest BCUT2D eigenvalue weighted by Gasteiger charge is -2.15. The molecule has 0 amide bonds. The third-order valence-electron chi connectivity index (χ3n) is 2.26. The first-order valence-corrected chi connectivity index (χ1v) is 6.10. The Hall–Kier alpha value is -0.770. The Kier molecular flexibility index (Phi) is 4.88. The normalized spacial score (nSPS) is 12.5. The lowest BCUT2D eigenvalue weighted by Crippen LogP contribution is -2.16. The summed E-state index contributed by atoms with van der Waals surface area (Å²) in [4.78, 5) is 4.24. The van der Waals surface area contributed by atoms with Crippen molar-refractivity contribution in [3.63, 3.8) is 0 Å². The monoisotopic (exact) mass is 271 g/mol. The second kappa shape index (κ2) is 5.95. The Labute approximate surface area is 99.6 Å². The van der Waals surface area contributed by atoms with Gasteiger partial charge < -0.3 is 11.1 Å². The summed E-state index contributed by atoms with van der Waals surface area (Å²) in [5.41, 5.74) is 6.53. The van der Waals surface area contributed by atoms with Gasteiger partial charge in [-0.2, -0.15) is 0 Å². The van der Waals surface area contributed by atoms with Crippen LogP contribution in [0.4, 0.5) is 11.5 Å². The summed E-state index contributed by atoms with van der Waals surface area (Å²) in [6.45, 7) is 4.35. The lowest BCUT2D eigenvalue weighted by atomic mass is 10.1. The Balaban J connectivity index is 2.56. The third-order valence-corrected chi connectivity index (χ3v) is 2.69. The number of hydrogen-bond acceptors (Lipinski definition) is 3. The van der Waals surface area contributed by atoms with Crippen molar-refractivity contribution in [2.24, 2.45) is 0 Å². The van der Waals surface area contributed by atoms with Gasteiger partial charge in [0.25, 0.3) is 0 Å². The molecule has 0 bridgehead atoms. The van der Waals surface area contributed by atoms with Gasteiger partial charge in [-0.1, -0.05) is 19.8 Å². The van der Waals surface area contributed by atoms with E-state index < -0.39 is 0 Å². The number of hydrogen-bond donors (Lipinski definition) is 2. The molecule has 1 aromatic heterocycles. The molecular weight excluding hydrogens is 254 g/mol. The molecule has 0 aliphatic heterocycles. The zero-order chi connectivity index (χ0) is 11.3. The summed E-state index contributed by atoms with van der Waals surface area (Å²) >= 11 is 3.33. The molecule has 0 radical (unpaired) electrons. The van der Waals surface area contributed by atoms with E-state index in [-0.39, 0.29) is 0 Å². The SMILES string of the molecule is CCCCC(C)Nc1ncc(Br)cc1N. The smallest absolute Gasteiger partial charge is 0.149 e. The average molecular weight is 272 g/mol. The van der Waals surface area contributed by atoms with Crippen molar-refractivity contribution >= 4 is 27.4 Å². The highest BCUT2D eigenvalue weighted by molar-refractivity contribution is 9.10. The molecule has 0 aliphatic rings. The summed E-state index contributed by atoms with van der Waals surface area (Å²) in [7, 11) is 0. The van der Waals surface area contributed by atoms with Gasteiger partial charge in [-0.15, -0.1) is 0 Å². The summed E-state index contributed by atoms with van der Waals surface area (Å²) in [5, 5.41) is 3.32. The minimum Gasteiger partial charge on any atom is -0.396 e. The Morgan fingerprint density at radius 3 is 2.93 bits per heavy atom. The van der Waals surface area contributed by atoms with Crippen LogP contribution in [0.15, 0.2) is 16.7 Å². The van der Waals surface area contributed by atoms with Crippen LogP contribution < -0.4 is 11.1 Å². The van der Waals surface area contributed by atoms with Crippen molar-refractivity contribution in [2.45, 2.75) is 39.2 Å². The largest absolute Gasteiger partial charge is 0.396 e. The number of aromatic nitrogens is 1. The second-order valence-electron chi connectivity index (χ2n) is 3.78. The number of nitrogens with one attached hydrogen (secondary N) is 1. The van der Waals surface area contributed by atoms with Crippen molar-refractivity contribution in [3.05, 3.63) is 16.7 Å². The highest BCUT2D eigenvalue weighted by Gasteiger charge is 2.05. The topological polar surface area (TPSA) is 50.9 Å². The van der Waals surface area contributed by atoms with Gasteiger partial charge in [-0.25, -0.2) is 4.98 Å². The molecule has 15 heavy (non-hydrogen) atoms. The third kappa shape index (κ3) is 4.08. The van der Waals surface area contributed by atoms with Gasteiger partial charge in [-0.05, 0) is 35.3 Å². The van der Waals surface area contributed by atoms with Crippen molar-refractivity contribution in [2.75, 3.05) is 11.1 Å². The van der Waals surface area contributed by atoms with Crippen LogP contribution in [-0.2, 0) is 0 Å². The predicted molar refractivity (Wildman–Crippen MR) is 69.0 cm³/mol. The Morgan fingerprint density at radius 2 is 2.33 bits per heavy atom. The van der Waals surface area contributed by atoms with Gasteiger partial charge >= 0.3 is 0 Å². The van der Waals surface area contributed by atoms with Gasteiger partial charge in [0.1, 0.15) is 5.82 Å². The molecule has 0 saturated heterocycles. The maximum atomic E-state index is 5.84. The Morgan fingerprint density at radius 1 is 1.60 bits per heavy atom. The zero-order valence-corrected chi connectivity index (χ0v) is 10.8. The van der Waals surface area contributed by atoms with Crippen LogP contribution in [0.25, 0.3) is 0 Å². The van der Waals surface area contributed by atoms with Gasteiger partial charge in [0.15, 0.2) is 0 Å². The number of anilines is 2. The first-order valence-electron chi connectivity index (χ1n) is 5.31. The van der Waals surface area contributed by atoms with E-state index >= 15 is 0 Å². The van der Waals surface area contributed by atoms with Crippen molar-refractivity contribution < 1.29 is 0 Å². The van der Waals surface area contributed by atoms with Gasteiger partial charge in [0.2, 0.25) is 0 Å². The molecule has 0 aliphatic carbocycles. The number of halogens is 1. The number of nitrogens with zero attached hydrogens (tertiary/aromatic N) is 1. The molecule has 84 valence electrons. The molecule has 3 nitrogen and oxygen atoms in total. The fourth-order valence-corrected chi connectivity index (χ4v) is 1.74. The van der Waals surface area contributed by atoms with Gasteiger partial charge in [0, 0.05) is 16.7 Å². The lowest BCUT2D eigenvalue weighted by molar-refractivity contribution is 0.643. The molecule has 1 rings (SSSR count). The van der Waals surface area contributed by atoms with Crippen LogP contribution in [0.1, 0.15) is 33.1 Å². The molecule has 3 N–H and O–H groups in total. The minimum absolute atomic E-state index is 0.418. The van der Waals surface area contributed by atoms with E-state index in [0.717, 1.165) is 16.7 Å². The maximum Gasteiger partial charge on any atom is 0.149 e. The van der Waals surface area contributed by atoms with Crippen LogP contribution in [-0.4, -0.2) is 11.0 Å². The van der Waals surface area contributed by atoms with E-state index in [9.17, 15) is 0 Å². The van der Waals surface area contributed by atoms with E-state index in [1.165, 1.54) is 12.8 Å². The number of nitrogens with two attached hydrogens (primary N) is 1. The molecule has 0 saturated carbocycles. The van der Waals surface area contributed by atoms with E-state index in [1.807, 2.05) is 6.07 Å². The summed E-state index contributed by atoms with van der Waals surface area (Å²) in [6, 6.07) is 2.28. The van der Waals surface area contributed by atoms with E-state index in [1.54, 1.807) is 6.20 Å². The van der Waals surface area contributed by atoms with E-state index in [4.69, 9.17) is 5.73 Å². The zero-order valence-electron chi connectivity index (χ0n) is 9.26. The second-order valence-corrected chi connectivity index (χ2v) is 4.69. The minimum atomic E-state index is 0.418. The quantitative estimate of drug-likeness (QED) is 0.863. The first kappa shape index (κ1) is 12.3. The van der Waals surface area contributed by atoms with Crippen molar-refractivity contribution in [1.29, 1.82) is 0 Å². The van der Waals surface area contributed by atoms with E-state index in [2.05, 4.69) is 40.1 Å². The fraction of sp³-hybridized carbons (Fsp3) is 0.545. The highest BCUT2D eigenvalue weighted by atomic mass is 79.9. The molecule has 1 heterocycles. The first-order chi connectivity index (χ1) is 7.13. The van der Waals surface area contributed by atoms with Crippen molar-refractivity contribution in [1.82, 2.24) is 4.98 Å². The predicted octanol–water partition coefficient (Wildman–Crippen LogP) is 3.42. The summed E-state index contributed by atoms with van der Waals surface area (Å²) in [6.07, 6.45) is 5.35. The number of pyridine rings is 1. The molecule has 0 aromatic carbocycles. The van der Waals surface area contributed by atoms with E-state index in [0.29, 0.717) is 11.7 Å². The van der Waals surface area contributed by atoms with Crippen molar-refractivity contribution in [3.8, 4) is 0 Å². The number of unbranched alkanes of at least 4 members (excludes halogenated alkanes) is 1. The summed E-state index contributed by atoms with van der Waals surface area (Å²) < 4.78 is 0.909.